The molecule has 57 heavy (non-hydrogen) atoms. The second-order valence-electron chi connectivity index (χ2n) is 14.0. The Hall–Kier alpha value is -7.13. The molecule has 6 nitrogen and oxygen atoms in total. The van der Waals surface area contributed by atoms with Crippen molar-refractivity contribution in [3.63, 3.8) is 0 Å². The molecule has 0 amide bonds. The highest BCUT2D eigenvalue weighted by Gasteiger charge is 2.22. The Morgan fingerprint density at radius 1 is 0.368 bits per heavy atom. The van der Waals surface area contributed by atoms with Crippen molar-refractivity contribution < 1.29 is 4.42 Å². The average Bonchev–Trinajstić information content (AvgIpc) is 3.97. The van der Waals surface area contributed by atoms with Gasteiger partial charge in [-0.25, -0.2) is 24.9 Å². The normalized spacial score (nSPS) is 11.9. The van der Waals surface area contributed by atoms with Gasteiger partial charge in [0, 0.05) is 68.8 Å². The van der Waals surface area contributed by atoms with Gasteiger partial charge in [0.05, 0.1) is 15.9 Å². The van der Waals surface area contributed by atoms with Gasteiger partial charge in [0.15, 0.2) is 23.3 Å². The molecule has 5 aromatic heterocycles. The van der Waals surface area contributed by atoms with E-state index in [9.17, 15) is 0 Å². The first-order valence-corrected chi connectivity index (χ1v) is 20.3. The van der Waals surface area contributed by atoms with Crippen molar-refractivity contribution in [1.82, 2.24) is 24.9 Å². The molecule has 0 atom stereocenters. The minimum absolute atomic E-state index is 0.573. The Labute approximate surface area is 333 Å². The maximum atomic E-state index is 6.30. The lowest BCUT2D eigenvalue weighted by molar-refractivity contribution is 0.669. The lowest BCUT2D eigenvalue weighted by Gasteiger charge is -2.11. The van der Waals surface area contributed by atoms with Gasteiger partial charge in [-0.15, -0.1) is 22.7 Å². The third-order valence-electron chi connectivity index (χ3n) is 10.6. The number of hydrogen-bond donors (Lipinski definition) is 0. The molecule has 12 rings (SSSR count). The zero-order valence-electron chi connectivity index (χ0n) is 30.0. The first-order valence-electron chi connectivity index (χ1n) is 18.7. The van der Waals surface area contributed by atoms with Gasteiger partial charge < -0.3 is 4.42 Å². The highest BCUT2D eigenvalue weighted by atomic mass is 32.1. The molecule has 0 fully saturated rings. The van der Waals surface area contributed by atoms with Crippen molar-refractivity contribution in [2.75, 3.05) is 0 Å². The number of fused-ring (bicyclic) bond motifs is 9. The van der Waals surface area contributed by atoms with Crippen LogP contribution in [-0.4, -0.2) is 24.9 Å². The van der Waals surface area contributed by atoms with Gasteiger partial charge in [0.2, 0.25) is 0 Å². The number of benzene rings is 7. The minimum Gasteiger partial charge on any atom is -0.456 e. The van der Waals surface area contributed by atoms with E-state index >= 15 is 0 Å². The van der Waals surface area contributed by atoms with Crippen LogP contribution in [0.4, 0.5) is 0 Å². The molecule has 0 aliphatic heterocycles. The number of thiophene rings is 2. The van der Waals surface area contributed by atoms with Crippen LogP contribution in [0.15, 0.2) is 168 Å². The fourth-order valence-electron chi connectivity index (χ4n) is 7.95. The standard InChI is InChI=1S/C49H27N5OS2/c1-3-13-28(14-4-1)43-45-44(33-18-8-10-22-38(33)57-45)51-48(50-43)34-19-11-23-39-41(34)42-35(20-12-24-40(42)56-39)49-53-46(29-15-5-2-6-16-29)52-47(54-49)30-25-26-32-31-17-7-9-21-36(31)55-37(32)27-30/h1-27H. The summed E-state index contributed by atoms with van der Waals surface area (Å²) in [7, 11) is 0. The molecule has 0 saturated carbocycles. The van der Waals surface area contributed by atoms with Gasteiger partial charge in [-0.05, 0) is 36.4 Å². The summed E-state index contributed by atoms with van der Waals surface area (Å²) in [6.45, 7) is 0. The summed E-state index contributed by atoms with van der Waals surface area (Å²) in [6, 6.07) is 56.2. The molecule has 0 aliphatic rings. The van der Waals surface area contributed by atoms with E-state index in [4.69, 9.17) is 29.3 Å². The van der Waals surface area contributed by atoms with Crippen LogP contribution >= 0.6 is 22.7 Å². The molecule has 0 saturated heterocycles. The Bertz CT molecular complexity index is 3540. The molecule has 0 spiro atoms. The molecule has 266 valence electrons. The van der Waals surface area contributed by atoms with Crippen molar-refractivity contribution >= 4 is 85.1 Å². The van der Waals surface area contributed by atoms with Crippen LogP contribution in [-0.2, 0) is 0 Å². The molecule has 5 heterocycles. The van der Waals surface area contributed by atoms with Crippen LogP contribution in [0.2, 0.25) is 0 Å². The SMILES string of the molecule is c1ccc(-c2nc(-c3ccc4c(c3)oc3ccccc34)nc(-c3cccc4sc5cccc(-c6nc(-c7ccccc7)c7sc8ccccc8c7n6)c5c34)n2)cc1. The van der Waals surface area contributed by atoms with Gasteiger partial charge >= 0.3 is 0 Å². The van der Waals surface area contributed by atoms with Crippen molar-refractivity contribution in [2.45, 2.75) is 0 Å². The molecular weight excluding hydrogens is 739 g/mol. The summed E-state index contributed by atoms with van der Waals surface area (Å²) in [5.41, 5.74) is 8.25. The molecule has 0 aliphatic carbocycles. The molecule has 0 N–H and O–H groups in total. The Balaban J connectivity index is 1.11. The summed E-state index contributed by atoms with van der Waals surface area (Å²) < 4.78 is 10.8. The van der Waals surface area contributed by atoms with Gasteiger partial charge in [-0.3, -0.25) is 0 Å². The third-order valence-corrected chi connectivity index (χ3v) is 12.9. The maximum absolute atomic E-state index is 6.30. The number of para-hydroxylation sites is 1. The highest BCUT2D eigenvalue weighted by Crippen LogP contribution is 2.45. The first kappa shape index (κ1) is 32.1. The molecule has 0 bridgehead atoms. The Morgan fingerprint density at radius 3 is 1.70 bits per heavy atom. The lowest BCUT2D eigenvalue weighted by atomic mass is 10.0. The lowest BCUT2D eigenvalue weighted by Crippen LogP contribution is -2.00. The predicted molar refractivity (Wildman–Crippen MR) is 236 cm³/mol. The zero-order chi connectivity index (χ0) is 37.5. The molecular formula is C49H27N5OS2. The second kappa shape index (κ2) is 12.7. The Kier molecular flexibility index (Phi) is 7.17. The first-order chi connectivity index (χ1) is 28.2. The van der Waals surface area contributed by atoms with E-state index in [1.165, 1.54) is 4.70 Å². The van der Waals surface area contributed by atoms with Gasteiger partial charge in [-0.2, -0.15) is 0 Å². The number of hydrogen-bond acceptors (Lipinski definition) is 8. The minimum atomic E-state index is 0.573. The average molecular weight is 766 g/mol. The number of furan rings is 1. The van der Waals surface area contributed by atoms with Crippen LogP contribution in [0.3, 0.4) is 0 Å². The van der Waals surface area contributed by atoms with E-state index in [2.05, 4.69) is 103 Å². The monoisotopic (exact) mass is 765 g/mol. The van der Waals surface area contributed by atoms with E-state index in [1.54, 1.807) is 22.7 Å². The second-order valence-corrected chi connectivity index (χ2v) is 16.1. The fourth-order valence-corrected chi connectivity index (χ4v) is 10.3. The van der Waals surface area contributed by atoms with Crippen LogP contribution in [0.25, 0.3) is 119 Å². The topological polar surface area (TPSA) is 77.6 Å². The van der Waals surface area contributed by atoms with Gasteiger partial charge in [0.25, 0.3) is 0 Å². The van der Waals surface area contributed by atoms with Crippen molar-refractivity contribution in [1.29, 1.82) is 0 Å². The maximum Gasteiger partial charge on any atom is 0.164 e. The van der Waals surface area contributed by atoms with Crippen molar-refractivity contribution in [3.8, 4) is 56.8 Å². The van der Waals surface area contributed by atoms with Crippen LogP contribution in [0.5, 0.6) is 0 Å². The summed E-state index contributed by atoms with van der Waals surface area (Å²) >= 11 is 3.50. The van der Waals surface area contributed by atoms with Crippen LogP contribution in [0, 0.1) is 0 Å². The van der Waals surface area contributed by atoms with Gasteiger partial charge in [-0.1, -0.05) is 127 Å². The Morgan fingerprint density at radius 2 is 0.947 bits per heavy atom. The zero-order valence-corrected chi connectivity index (χ0v) is 31.7. The molecule has 12 aromatic rings. The van der Waals surface area contributed by atoms with E-state index in [0.29, 0.717) is 23.3 Å². The number of rotatable bonds is 5. The summed E-state index contributed by atoms with van der Waals surface area (Å²) in [6.07, 6.45) is 0. The summed E-state index contributed by atoms with van der Waals surface area (Å²) in [5.74, 6) is 2.45. The van der Waals surface area contributed by atoms with E-state index in [1.807, 2.05) is 60.7 Å². The quantitative estimate of drug-likeness (QED) is 0.174. The van der Waals surface area contributed by atoms with E-state index in [0.717, 1.165) is 91.2 Å². The third kappa shape index (κ3) is 5.19. The molecule has 0 unspecified atom stereocenters. The molecule has 7 aromatic carbocycles. The van der Waals surface area contributed by atoms with Crippen molar-refractivity contribution in [2.24, 2.45) is 0 Å². The smallest absolute Gasteiger partial charge is 0.164 e. The fraction of sp³-hybridized carbons (Fsp3) is 0. The largest absolute Gasteiger partial charge is 0.456 e. The van der Waals surface area contributed by atoms with E-state index in [-0.39, 0.29) is 0 Å². The van der Waals surface area contributed by atoms with Crippen molar-refractivity contribution in [3.05, 3.63) is 164 Å². The predicted octanol–water partition coefficient (Wildman–Crippen LogP) is 13.6. The highest BCUT2D eigenvalue weighted by molar-refractivity contribution is 7.26. The number of nitrogens with zero attached hydrogens (tertiary/aromatic N) is 5. The molecule has 8 heteroatoms. The summed E-state index contributed by atoms with van der Waals surface area (Å²) in [5, 5.41) is 5.42. The summed E-state index contributed by atoms with van der Waals surface area (Å²) in [4.78, 5) is 26.2. The van der Waals surface area contributed by atoms with Crippen LogP contribution < -0.4 is 0 Å². The van der Waals surface area contributed by atoms with Gasteiger partial charge in [0.1, 0.15) is 11.2 Å². The molecule has 0 radical (unpaired) electrons. The number of aromatic nitrogens is 5. The van der Waals surface area contributed by atoms with E-state index < -0.39 is 0 Å². The van der Waals surface area contributed by atoms with Crippen LogP contribution in [0.1, 0.15) is 0 Å².